The lowest BCUT2D eigenvalue weighted by atomic mass is 11.2. The van der Waals surface area contributed by atoms with Crippen molar-refractivity contribution in [1.82, 2.24) is 0 Å². The first kappa shape index (κ1) is 10.1. The lowest BCUT2D eigenvalue weighted by Gasteiger charge is -1.84. The maximum atomic E-state index is 9.49. The van der Waals surface area contributed by atoms with E-state index < -0.39 is 8.25 Å². The van der Waals surface area contributed by atoms with Gasteiger partial charge in [0.2, 0.25) is 0 Å². The fourth-order valence-corrected chi connectivity index (χ4v) is 0.214. The monoisotopic (exact) mass is 142 g/mol. The average Bonchev–Trinajstić information content (AvgIpc) is 1.35. The van der Waals surface area contributed by atoms with Gasteiger partial charge in [0.25, 0.3) is 0 Å². The lowest BCUT2D eigenvalue weighted by molar-refractivity contribution is 0.379. The minimum atomic E-state index is -2.75. The Morgan fingerprint density at radius 3 is 2.29 bits per heavy atom. The molecule has 0 radical (unpaired) electrons. The minimum Gasteiger partial charge on any atom is -0.435 e. The molecule has 0 aromatic carbocycles. The van der Waals surface area contributed by atoms with Gasteiger partial charge in [0.05, 0.1) is 6.26 Å². The molecule has 0 spiro atoms. The third kappa shape index (κ3) is 10.7. The van der Waals surface area contributed by atoms with Gasteiger partial charge in [-0.2, -0.15) is 13.5 Å². The zero-order valence-electron chi connectivity index (χ0n) is 3.55. The topological polar surface area (TPSA) is 46.5 Å². The fourth-order valence-electron chi connectivity index (χ4n) is 0.0713. The third-order valence-electron chi connectivity index (χ3n) is 0.184. The van der Waals surface area contributed by atoms with Crippen LogP contribution < -0.4 is 0 Å². The zero-order chi connectivity index (χ0) is 4.99. The Hall–Kier alpha value is 0.0800. The summed E-state index contributed by atoms with van der Waals surface area (Å²) in [6.07, 6.45) is 0.932. The first-order valence-corrected chi connectivity index (χ1v) is 2.54. The van der Waals surface area contributed by atoms with E-state index in [2.05, 4.69) is 11.1 Å². The Morgan fingerprint density at radius 1 is 1.86 bits per heavy atom. The molecule has 0 saturated heterocycles. The Labute approximate surface area is 49.4 Å². The molecule has 0 saturated carbocycles. The summed E-state index contributed by atoms with van der Waals surface area (Å²) in [7, 11) is -2.75. The largest absolute Gasteiger partial charge is 0.435 e. The molecule has 0 fully saturated rings. The van der Waals surface area contributed by atoms with Crippen molar-refractivity contribution in [1.29, 1.82) is 0 Å². The van der Waals surface area contributed by atoms with Crippen molar-refractivity contribution in [2.24, 2.45) is 0 Å². The zero-order valence-corrected chi connectivity index (χ0v) is 5.55. The second-order valence-corrected chi connectivity index (χ2v) is 1.32. The molecule has 0 aromatic rings. The molecule has 0 heterocycles. The summed E-state index contributed by atoms with van der Waals surface area (Å²) in [6.45, 7) is 3.04. The van der Waals surface area contributed by atoms with Gasteiger partial charge in [-0.05, 0) is 0 Å². The molecule has 0 aliphatic carbocycles. The molecule has 0 aliphatic rings. The summed E-state index contributed by atoms with van der Waals surface area (Å²) in [5.74, 6) is 0. The van der Waals surface area contributed by atoms with Gasteiger partial charge in [-0.25, -0.2) is 4.57 Å². The van der Waals surface area contributed by atoms with Crippen molar-refractivity contribution in [3.63, 3.8) is 0 Å². The molecule has 1 unspecified atom stereocenters. The summed E-state index contributed by atoms with van der Waals surface area (Å²) < 4.78 is 13.4. The molecule has 0 amide bonds. The van der Waals surface area contributed by atoms with Crippen LogP contribution in [0.25, 0.3) is 0 Å². The summed E-state index contributed by atoms with van der Waals surface area (Å²) >= 11 is 0. The van der Waals surface area contributed by atoms with Gasteiger partial charge < -0.3 is 9.42 Å². The molecule has 44 valence electrons. The minimum absolute atomic E-state index is 0. The highest BCUT2D eigenvalue weighted by Crippen LogP contribution is 2.12. The number of hydrogen-bond donors (Lipinski definition) is 1. The smallest absolute Gasteiger partial charge is 0.364 e. The summed E-state index contributed by atoms with van der Waals surface area (Å²) in [6, 6.07) is 0. The van der Waals surface area contributed by atoms with Gasteiger partial charge in [0.1, 0.15) is 0 Å². The van der Waals surface area contributed by atoms with Crippen LogP contribution in [-0.4, -0.2) is 4.89 Å². The van der Waals surface area contributed by atoms with E-state index in [0.29, 0.717) is 0 Å². The molecule has 3 nitrogen and oxygen atoms in total. The average molecular weight is 142 g/mol. The first-order chi connectivity index (χ1) is 2.77. The van der Waals surface area contributed by atoms with E-state index in [-0.39, 0.29) is 13.5 Å². The van der Waals surface area contributed by atoms with Crippen LogP contribution in [-0.2, 0) is 9.09 Å². The molecular weight excluding hydrogens is 135 g/mol. The fraction of sp³-hybridized carbons (Fsp3) is 0. The van der Waals surface area contributed by atoms with Crippen molar-refractivity contribution < 1.29 is 14.0 Å². The predicted molar refractivity (Wildman–Crippen MR) is 32.9 cm³/mol. The maximum absolute atomic E-state index is 9.49. The number of rotatable bonds is 2. The Kier molecular flexibility index (Phi) is 8.81. The third-order valence-corrected chi connectivity index (χ3v) is 0.552. The van der Waals surface area contributed by atoms with Gasteiger partial charge in [-0.1, -0.05) is 6.58 Å². The molecule has 0 rings (SSSR count). The molecular formula is C2H7O3PS. The molecule has 1 N–H and O–H groups in total. The van der Waals surface area contributed by atoms with Crippen LogP contribution in [0.5, 0.6) is 0 Å². The van der Waals surface area contributed by atoms with E-state index in [1.807, 2.05) is 0 Å². The highest BCUT2D eigenvalue weighted by molar-refractivity contribution is 7.59. The van der Waals surface area contributed by atoms with Gasteiger partial charge in [0, 0.05) is 0 Å². The molecule has 0 bridgehead atoms. The van der Waals surface area contributed by atoms with E-state index >= 15 is 0 Å². The van der Waals surface area contributed by atoms with Crippen molar-refractivity contribution in [2.75, 3.05) is 0 Å². The molecule has 0 aliphatic heterocycles. The first-order valence-electron chi connectivity index (χ1n) is 1.28. The highest BCUT2D eigenvalue weighted by atomic mass is 32.1. The molecule has 7 heavy (non-hydrogen) atoms. The van der Waals surface area contributed by atoms with Crippen LogP contribution in [0, 0.1) is 0 Å². The molecule has 5 heteroatoms. The summed E-state index contributed by atoms with van der Waals surface area (Å²) in [4.78, 5) is 7.81. The SMILES string of the molecule is C=CO[PH](=O)O.S. The van der Waals surface area contributed by atoms with Gasteiger partial charge >= 0.3 is 8.25 Å². The Morgan fingerprint density at radius 2 is 2.29 bits per heavy atom. The van der Waals surface area contributed by atoms with E-state index in [4.69, 9.17) is 4.89 Å². The summed E-state index contributed by atoms with van der Waals surface area (Å²) in [5, 5.41) is 0. The van der Waals surface area contributed by atoms with Crippen molar-refractivity contribution >= 4 is 21.8 Å². The standard InChI is InChI=1S/C2H5O3P.H2S/c1-2-5-6(3)4;/h2,6H,1H2,(H,3,4);1H2. The van der Waals surface area contributed by atoms with Gasteiger partial charge in [0.15, 0.2) is 0 Å². The molecule has 1 atom stereocenters. The van der Waals surface area contributed by atoms with Crippen molar-refractivity contribution in [3.05, 3.63) is 12.8 Å². The van der Waals surface area contributed by atoms with Crippen molar-refractivity contribution in [2.45, 2.75) is 0 Å². The van der Waals surface area contributed by atoms with Crippen LogP contribution in [0.4, 0.5) is 0 Å². The quantitative estimate of drug-likeness (QED) is 0.454. The highest BCUT2D eigenvalue weighted by Gasteiger charge is 1.77. The van der Waals surface area contributed by atoms with Gasteiger partial charge in [-0.3, -0.25) is 0 Å². The predicted octanol–water partition coefficient (Wildman–Crippen LogP) is 0.641. The van der Waals surface area contributed by atoms with Crippen molar-refractivity contribution in [3.8, 4) is 0 Å². The van der Waals surface area contributed by atoms with Crippen LogP contribution >= 0.6 is 21.8 Å². The second kappa shape index (κ2) is 6.08. The van der Waals surface area contributed by atoms with Gasteiger partial charge in [-0.15, -0.1) is 0 Å². The van der Waals surface area contributed by atoms with Crippen LogP contribution in [0.1, 0.15) is 0 Å². The van der Waals surface area contributed by atoms with Crippen LogP contribution in [0.3, 0.4) is 0 Å². The Balaban J connectivity index is 0. The Bertz CT molecular complexity index is 73.3. The van der Waals surface area contributed by atoms with Crippen LogP contribution in [0.2, 0.25) is 0 Å². The van der Waals surface area contributed by atoms with E-state index in [1.54, 1.807) is 0 Å². The second-order valence-electron chi connectivity index (χ2n) is 0.550. The lowest BCUT2D eigenvalue weighted by Crippen LogP contribution is -1.55. The molecule has 0 aromatic heterocycles. The normalized spacial score (nSPS) is 11.0. The van der Waals surface area contributed by atoms with E-state index in [9.17, 15) is 4.57 Å². The van der Waals surface area contributed by atoms with E-state index in [0.717, 1.165) is 6.26 Å². The maximum Gasteiger partial charge on any atom is 0.364 e. The number of hydrogen-bond acceptors (Lipinski definition) is 2. The van der Waals surface area contributed by atoms with Crippen LogP contribution in [0.15, 0.2) is 12.8 Å². The van der Waals surface area contributed by atoms with E-state index in [1.165, 1.54) is 0 Å². The summed E-state index contributed by atoms with van der Waals surface area (Å²) in [5.41, 5.74) is 0.